The largest absolute Gasteiger partial charge is 0.508 e. The molecule has 8 aliphatic carbocycles. The summed E-state index contributed by atoms with van der Waals surface area (Å²) in [6.07, 6.45) is 22.0. The molecule has 0 spiro atoms. The van der Waals surface area contributed by atoms with Gasteiger partial charge in [-0.25, -0.2) is 4.58 Å². The van der Waals surface area contributed by atoms with E-state index in [0.29, 0.717) is 11.5 Å². The summed E-state index contributed by atoms with van der Waals surface area (Å²) < 4.78 is 2.09. The van der Waals surface area contributed by atoms with E-state index in [4.69, 9.17) is 6.72 Å². The summed E-state index contributed by atoms with van der Waals surface area (Å²) in [5.74, 6) is 5.68. The molecule has 3 nitrogen and oxygen atoms in total. The van der Waals surface area contributed by atoms with Gasteiger partial charge in [-0.2, -0.15) is 0 Å². The van der Waals surface area contributed by atoms with Crippen LogP contribution in [0.3, 0.4) is 0 Å². The van der Waals surface area contributed by atoms with Crippen LogP contribution in [0.4, 0.5) is 0 Å². The number of hydrogen-bond donors (Lipinski definition) is 2. The Morgan fingerprint density at radius 2 is 0.922 bits per heavy atom. The van der Waals surface area contributed by atoms with Gasteiger partial charge >= 0.3 is 0 Å². The summed E-state index contributed by atoms with van der Waals surface area (Å²) in [4.78, 5) is 0. The molecule has 0 saturated heterocycles. The average Bonchev–Trinajstić information content (AvgIpc) is 3.19. The molecule has 4 heteroatoms. The van der Waals surface area contributed by atoms with Gasteiger partial charge < -0.3 is 25.1 Å². The SMILES string of the molecule is C=[N+]1C(c2ccccc2-c2cc(C(C)(C)C)cc(C34CC5CC(CC(C5)C3)C4)c2O)=CC=C[C-]1c1ccccc1-c1cc(C(C)(C)C)cc(C23CC4CC(CC(C4)C2)C3)c1O.[CH3-].[CH3-].[Hf]. The molecular formula is C60H73HfNO2-2. The topological polar surface area (TPSA) is 43.5 Å². The van der Waals surface area contributed by atoms with Crippen molar-refractivity contribution in [2.75, 3.05) is 0 Å². The second-order valence-corrected chi connectivity index (χ2v) is 23.6. The van der Waals surface area contributed by atoms with Crippen LogP contribution in [0, 0.1) is 56.4 Å². The molecule has 0 amide bonds. The molecule has 8 bridgehead atoms. The van der Waals surface area contributed by atoms with Crippen LogP contribution < -0.4 is 0 Å². The first-order chi connectivity index (χ1) is 29.1. The molecule has 0 aromatic heterocycles. The number of aromatic hydroxyl groups is 2. The Balaban J connectivity index is 0.00000187. The van der Waals surface area contributed by atoms with Crippen molar-refractivity contribution in [2.45, 2.75) is 140 Å². The van der Waals surface area contributed by atoms with Crippen LogP contribution >= 0.6 is 0 Å². The third-order valence-electron chi connectivity index (χ3n) is 17.2. The van der Waals surface area contributed by atoms with Crippen molar-refractivity contribution in [2.24, 2.45) is 35.5 Å². The molecule has 0 radical (unpaired) electrons. The van der Waals surface area contributed by atoms with Crippen LogP contribution in [0.2, 0.25) is 0 Å². The molecule has 4 aromatic carbocycles. The maximum atomic E-state index is 12.7. The van der Waals surface area contributed by atoms with Crippen LogP contribution in [-0.2, 0) is 47.5 Å². The van der Waals surface area contributed by atoms with E-state index in [2.05, 4.69) is 137 Å². The fraction of sp³-hybridized carbons (Fsp3) is 0.467. The maximum absolute atomic E-state index is 12.7. The Morgan fingerprint density at radius 1 is 0.547 bits per heavy atom. The zero-order valence-electron chi connectivity index (χ0n) is 40.2. The van der Waals surface area contributed by atoms with Crippen molar-refractivity contribution in [3.05, 3.63) is 145 Å². The molecule has 1 aliphatic heterocycles. The first-order valence-corrected chi connectivity index (χ1v) is 23.9. The van der Waals surface area contributed by atoms with Crippen molar-refractivity contribution >= 4 is 12.4 Å². The minimum absolute atomic E-state index is 0. The summed E-state index contributed by atoms with van der Waals surface area (Å²) >= 11 is 0. The average molecular weight is 1020 g/mol. The van der Waals surface area contributed by atoms with Gasteiger partial charge in [0.25, 0.3) is 0 Å². The van der Waals surface area contributed by atoms with Gasteiger partial charge in [-0.05, 0) is 180 Å². The van der Waals surface area contributed by atoms with Crippen LogP contribution in [-0.4, -0.2) is 21.5 Å². The number of nitrogens with zero attached hydrogens (tertiary/aromatic N) is 1. The van der Waals surface area contributed by atoms with Crippen LogP contribution in [0.15, 0.2) is 91.0 Å². The molecule has 1 heterocycles. The predicted octanol–water partition coefficient (Wildman–Crippen LogP) is 15.1. The van der Waals surface area contributed by atoms with E-state index in [9.17, 15) is 10.2 Å². The first-order valence-electron chi connectivity index (χ1n) is 23.9. The third-order valence-corrected chi connectivity index (χ3v) is 17.2. The van der Waals surface area contributed by atoms with Crippen molar-refractivity contribution < 1.29 is 40.6 Å². The maximum Gasteiger partial charge on any atom is 0.160 e. The molecule has 64 heavy (non-hydrogen) atoms. The van der Waals surface area contributed by atoms with E-state index in [1.807, 2.05) is 0 Å². The second-order valence-electron chi connectivity index (χ2n) is 23.6. The van der Waals surface area contributed by atoms with Gasteiger partial charge in [0.1, 0.15) is 17.5 Å². The summed E-state index contributed by atoms with van der Waals surface area (Å²) in [6.45, 7) is 18.6. The molecule has 4 aromatic rings. The van der Waals surface area contributed by atoms with Crippen molar-refractivity contribution in [1.29, 1.82) is 0 Å². The molecule has 8 saturated carbocycles. The third kappa shape index (κ3) is 7.66. The molecule has 0 unspecified atom stereocenters. The fourth-order valence-corrected chi connectivity index (χ4v) is 15.1. The number of benzene rings is 4. The quantitative estimate of drug-likeness (QED) is 0.115. The van der Waals surface area contributed by atoms with Crippen molar-refractivity contribution in [3.63, 3.8) is 0 Å². The molecule has 0 atom stereocenters. The van der Waals surface area contributed by atoms with Crippen molar-refractivity contribution in [1.82, 2.24) is 0 Å². The zero-order valence-corrected chi connectivity index (χ0v) is 43.8. The number of rotatable bonds is 6. The van der Waals surface area contributed by atoms with E-state index in [0.717, 1.165) is 80.6 Å². The molecule has 336 valence electrons. The van der Waals surface area contributed by atoms with Crippen LogP contribution in [0.5, 0.6) is 11.5 Å². The van der Waals surface area contributed by atoms with Gasteiger partial charge in [0.05, 0.1) is 6.72 Å². The summed E-state index contributed by atoms with van der Waals surface area (Å²) in [5.41, 5.74) is 12.0. The number of allylic oxidation sites excluding steroid dienone is 2. The molecule has 13 rings (SSSR count). The summed E-state index contributed by atoms with van der Waals surface area (Å²) in [7, 11) is 0. The van der Waals surface area contributed by atoms with Gasteiger partial charge in [0.2, 0.25) is 0 Å². The van der Waals surface area contributed by atoms with Gasteiger partial charge in [0.15, 0.2) is 5.70 Å². The standard InChI is InChI=1S/C58H67NO2.2CH3.Hf/c1-55(2,3)41-25-47(53(60)49(27-41)57-29-35-19-36(30-57)21-37(20-35)31-57)43-13-8-10-15-45(43)51-17-12-18-52(59(51)7)46-16-11-9-14-44(46)48-26-42(56(4,5)6)28-50(54(48)61)58-32-38-22-39(33-58)24-40(23-38)34-58;;;/h8-18,25-28,35-40,60-61H,7,19-24,29-34H2,1-6H3;2*1H3;/q;2*-1;. The predicted molar refractivity (Wildman–Crippen MR) is 264 cm³/mol. The monoisotopic (exact) mass is 1020 g/mol. The number of phenols is 2. The van der Waals surface area contributed by atoms with Crippen molar-refractivity contribution in [3.8, 4) is 33.8 Å². The minimum Gasteiger partial charge on any atom is -0.508 e. The Morgan fingerprint density at radius 3 is 1.34 bits per heavy atom. The van der Waals surface area contributed by atoms with E-state index in [-0.39, 0.29) is 62.4 Å². The molecule has 2 N–H and O–H groups in total. The first kappa shape index (κ1) is 46.9. The van der Waals surface area contributed by atoms with E-state index in [1.165, 1.54) is 99.3 Å². The molecule has 8 fully saturated rings. The number of hydrogen-bond acceptors (Lipinski definition) is 2. The minimum atomic E-state index is -0.0737. The Hall–Kier alpha value is -3.63. The van der Waals surface area contributed by atoms with Gasteiger partial charge in [-0.1, -0.05) is 108 Å². The second kappa shape index (κ2) is 16.6. The fourth-order valence-electron chi connectivity index (χ4n) is 15.1. The Bertz CT molecular complexity index is 2450. The molecule has 9 aliphatic rings. The van der Waals surface area contributed by atoms with Crippen LogP contribution in [0.25, 0.3) is 28.0 Å². The summed E-state index contributed by atoms with van der Waals surface area (Å²) in [5, 5.41) is 25.4. The Labute approximate surface area is 405 Å². The summed E-state index contributed by atoms with van der Waals surface area (Å²) in [6, 6.07) is 27.6. The molecular weight excluding hydrogens is 945 g/mol. The Kier molecular flexibility index (Phi) is 12.2. The van der Waals surface area contributed by atoms with Gasteiger partial charge in [-0.3, -0.25) is 0 Å². The smallest absolute Gasteiger partial charge is 0.160 e. The van der Waals surface area contributed by atoms with Gasteiger partial charge in [0, 0.05) is 48.1 Å². The van der Waals surface area contributed by atoms with Gasteiger partial charge in [-0.15, -0.1) is 12.1 Å². The van der Waals surface area contributed by atoms with E-state index < -0.39 is 0 Å². The number of phenolic OH excluding ortho intramolecular Hbond substituents is 2. The van der Waals surface area contributed by atoms with Crippen LogP contribution in [0.1, 0.15) is 152 Å². The zero-order chi connectivity index (χ0) is 42.2. The van der Waals surface area contributed by atoms with E-state index >= 15 is 0 Å². The van der Waals surface area contributed by atoms with E-state index in [1.54, 1.807) is 0 Å². The normalized spacial score (nSPS) is 29.8.